The zero-order valence-corrected chi connectivity index (χ0v) is 30.8. The molecule has 8 nitrogen and oxygen atoms in total. The Morgan fingerprint density at radius 3 is 2.10 bits per heavy atom. The maximum atomic E-state index is 12.8. The Morgan fingerprint density at radius 2 is 1.44 bits per heavy atom. The number of unbranched alkanes of at least 4 members (excludes halogenated alkanes) is 12. The highest BCUT2D eigenvalue weighted by atomic mass is 16.7. The lowest BCUT2D eigenvalue weighted by atomic mass is 9.85. The van der Waals surface area contributed by atoms with Gasteiger partial charge in [-0.1, -0.05) is 115 Å². The number of carbonyl (C=O) groups excluding carboxylic acids is 3. The minimum absolute atomic E-state index is 0.0201. The van der Waals surface area contributed by atoms with Crippen molar-refractivity contribution >= 4 is 17.8 Å². The zero-order valence-electron chi connectivity index (χ0n) is 30.8. The van der Waals surface area contributed by atoms with Crippen LogP contribution in [0.2, 0.25) is 0 Å². The van der Waals surface area contributed by atoms with Crippen LogP contribution in [0.25, 0.3) is 0 Å². The molecule has 8 heteroatoms. The molecule has 0 spiro atoms. The molecular weight excluding hydrogens is 604 g/mol. The Hall–Kier alpha value is -2.71. The van der Waals surface area contributed by atoms with E-state index in [1.54, 1.807) is 0 Å². The normalized spacial score (nSPS) is 17.6. The topological polar surface area (TPSA) is 103 Å². The van der Waals surface area contributed by atoms with Gasteiger partial charge in [0.15, 0.2) is 5.79 Å². The number of benzene rings is 1. The molecule has 1 aliphatic rings. The van der Waals surface area contributed by atoms with Gasteiger partial charge in [0.1, 0.15) is 12.7 Å². The van der Waals surface area contributed by atoms with Crippen LogP contribution in [0, 0.1) is 5.41 Å². The first kappa shape index (κ1) is 41.5. The average Bonchev–Trinajstić information content (AvgIpc) is 3.06. The van der Waals surface area contributed by atoms with Crippen LogP contribution in [0.4, 0.5) is 0 Å². The molecule has 2 unspecified atom stereocenters. The van der Waals surface area contributed by atoms with E-state index in [2.05, 4.69) is 29.7 Å². The third-order valence-corrected chi connectivity index (χ3v) is 8.86. The van der Waals surface area contributed by atoms with E-state index >= 15 is 0 Å². The molecule has 0 radical (unpaired) electrons. The summed E-state index contributed by atoms with van der Waals surface area (Å²) in [5, 5.41) is 6.02. The van der Waals surface area contributed by atoms with E-state index in [9.17, 15) is 14.4 Å². The van der Waals surface area contributed by atoms with Gasteiger partial charge in [-0.2, -0.15) is 0 Å². The van der Waals surface area contributed by atoms with Crippen LogP contribution in [0.3, 0.4) is 0 Å². The van der Waals surface area contributed by atoms with Crippen LogP contribution in [-0.4, -0.2) is 49.4 Å². The number of allylic oxidation sites excluding steroid dienone is 2. The average molecular weight is 671 g/mol. The Labute approximate surface area is 291 Å². The van der Waals surface area contributed by atoms with E-state index in [1.165, 1.54) is 57.8 Å². The maximum Gasteiger partial charge on any atom is 0.305 e. The summed E-state index contributed by atoms with van der Waals surface area (Å²) in [6.07, 6.45) is 21.9. The summed E-state index contributed by atoms with van der Waals surface area (Å²) >= 11 is 0. The van der Waals surface area contributed by atoms with E-state index in [-0.39, 0.29) is 30.8 Å². The van der Waals surface area contributed by atoms with Gasteiger partial charge in [0.05, 0.1) is 12.6 Å². The molecule has 1 aliphatic heterocycles. The van der Waals surface area contributed by atoms with Crippen molar-refractivity contribution in [3.05, 3.63) is 48.0 Å². The number of esters is 1. The van der Waals surface area contributed by atoms with Gasteiger partial charge in [0.2, 0.25) is 11.8 Å². The lowest BCUT2D eigenvalue weighted by molar-refractivity contribution is -0.304. The van der Waals surface area contributed by atoms with E-state index in [4.69, 9.17) is 14.2 Å². The molecule has 48 heavy (non-hydrogen) atoms. The highest BCUT2D eigenvalue weighted by Crippen LogP contribution is 2.34. The molecule has 0 saturated carbocycles. The van der Waals surface area contributed by atoms with Crippen LogP contribution < -0.4 is 10.6 Å². The molecule has 2 N–H and O–H groups in total. The van der Waals surface area contributed by atoms with Crippen LogP contribution in [0.15, 0.2) is 42.5 Å². The minimum atomic E-state index is -0.803. The first-order valence-electron chi connectivity index (χ1n) is 18.8. The van der Waals surface area contributed by atoms with Gasteiger partial charge in [0.25, 0.3) is 0 Å². The van der Waals surface area contributed by atoms with E-state index in [1.807, 2.05) is 58.0 Å². The molecule has 1 aromatic carbocycles. The SMILES string of the molecule is CCCCCCCCC=CCCCCCCCC(=O)NC(COC(=O)CCCCNC(=O)C1OC(C)(C)OCC1(C)C)c1ccccc1. The smallest absolute Gasteiger partial charge is 0.305 e. The van der Waals surface area contributed by atoms with Crippen molar-refractivity contribution in [2.24, 2.45) is 5.41 Å². The number of hydrogen-bond donors (Lipinski definition) is 2. The van der Waals surface area contributed by atoms with Gasteiger partial charge < -0.3 is 24.8 Å². The third-order valence-electron chi connectivity index (χ3n) is 8.86. The molecule has 0 aliphatic carbocycles. The standard InChI is InChI=1S/C40H66N2O6/c1-6-7-8-9-10-11-12-13-14-15-16-17-18-19-23-28-35(43)42-34(33-26-21-20-22-27-33)31-46-36(44)29-24-25-30-41-38(45)37-39(2,3)32-47-40(4,5)48-37/h13-14,20-22,26-27,34,37H,6-12,15-19,23-25,28-32H2,1-5H3,(H,41,45)(H,42,43). The Bertz CT molecular complexity index is 1070. The second kappa shape index (κ2) is 23.6. The highest BCUT2D eigenvalue weighted by Gasteiger charge is 2.45. The van der Waals surface area contributed by atoms with Crippen LogP contribution >= 0.6 is 0 Å². The fourth-order valence-electron chi connectivity index (χ4n) is 5.80. The van der Waals surface area contributed by atoms with Gasteiger partial charge in [-0.05, 0) is 64.4 Å². The van der Waals surface area contributed by atoms with Gasteiger partial charge in [-0.25, -0.2) is 0 Å². The predicted octanol–water partition coefficient (Wildman–Crippen LogP) is 8.89. The molecule has 2 atom stereocenters. The first-order chi connectivity index (χ1) is 23.0. The zero-order chi connectivity index (χ0) is 35.1. The van der Waals surface area contributed by atoms with Crippen molar-refractivity contribution in [3.63, 3.8) is 0 Å². The van der Waals surface area contributed by atoms with Crippen LogP contribution in [0.5, 0.6) is 0 Å². The minimum Gasteiger partial charge on any atom is -0.463 e. The van der Waals surface area contributed by atoms with Gasteiger partial charge in [-0.3, -0.25) is 14.4 Å². The van der Waals surface area contributed by atoms with Crippen molar-refractivity contribution in [2.75, 3.05) is 19.8 Å². The van der Waals surface area contributed by atoms with Crippen molar-refractivity contribution in [1.29, 1.82) is 0 Å². The fraction of sp³-hybridized carbons (Fsp3) is 0.725. The Morgan fingerprint density at radius 1 is 0.833 bits per heavy atom. The summed E-state index contributed by atoms with van der Waals surface area (Å²) in [4.78, 5) is 38.1. The number of ether oxygens (including phenoxy) is 3. The number of amides is 2. The van der Waals surface area contributed by atoms with Crippen molar-refractivity contribution in [3.8, 4) is 0 Å². The molecule has 272 valence electrons. The fourth-order valence-corrected chi connectivity index (χ4v) is 5.80. The van der Waals surface area contributed by atoms with Gasteiger partial charge >= 0.3 is 5.97 Å². The van der Waals surface area contributed by atoms with Crippen molar-refractivity contribution in [2.45, 2.75) is 162 Å². The molecule has 1 fully saturated rings. The van der Waals surface area contributed by atoms with E-state index in [0.717, 1.165) is 31.2 Å². The summed E-state index contributed by atoms with van der Waals surface area (Å²) in [5.74, 6) is -1.30. The summed E-state index contributed by atoms with van der Waals surface area (Å²) in [5.41, 5.74) is 0.477. The van der Waals surface area contributed by atoms with Gasteiger partial charge in [0, 0.05) is 24.8 Å². The van der Waals surface area contributed by atoms with Crippen molar-refractivity contribution in [1.82, 2.24) is 10.6 Å². The second-order valence-electron chi connectivity index (χ2n) is 14.5. The molecule has 0 bridgehead atoms. The predicted molar refractivity (Wildman–Crippen MR) is 193 cm³/mol. The number of rotatable bonds is 25. The molecular formula is C40H66N2O6. The first-order valence-corrected chi connectivity index (χ1v) is 18.8. The monoisotopic (exact) mass is 670 g/mol. The summed E-state index contributed by atoms with van der Waals surface area (Å²) in [7, 11) is 0. The summed E-state index contributed by atoms with van der Waals surface area (Å²) < 4.78 is 17.2. The van der Waals surface area contributed by atoms with Crippen LogP contribution in [0.1, 0.15) is 155 Å². The molecule has 2 amide bonds. The Balaban J connectivity index is 1.59. The number of nitrogens with one attached hydrogen (secondary N) is 2. The second-order valence-corrected chi connectivity index (χ2v) is 14.5. The quantitative estimate of drug-likeness (QED) is 0.0612. The lowest BCUT2D eigenvalue weighted by Gasteiger charge is -2.44. The third kappa shape index (κ3) is 18.2. The largest absolute Gasteiger partial charge is 0.463 e. The molecule has 0 aromatic heterocycles. The molecule has 1 aromatic rings. The molecule has 2 rings (SSSR count). The van der Waals surface area contributed by atoms with E-state index < -0.39 is 23.3 Å². The van der Waals surface area contributed by atoms with E-state index in [0.29, 0.717) is 32.4 Å². The highest BCUT2D eigenvalue weighted by molar-refractivity contribution is 5.81. The number of carbonyl (C=O) groups is 3. The molecule has 1 heterocycles. The summed E-state index contributed by atoms with van der Waals surface area (Å²) in [6, 6.07) is 9.25. The maximum absolute atomic E-state index is 12.8. The number of hydrogen-bond acceptors (Lipinski definition) is 6. The van der Waals surface area contributed by atoms with Crippen molar-refractivity contribution < 1.29 is 28.6 Å². The van der Waals surface area contributed by atoms with Crippen LogP contribution in [-0.2, 0) is 28.6 Å². The van der Waals surface area contributed by atoms with Gasteiger partial charge in [-0.15, -0.1) is 0 Å². The Kier molecular flexibility index (Phi) is 20.4. The lowest BCUT2D eigenvalue weighted by Crippen LogP contribution is -2.56. The molecule has 1 saturated heterocycles. The summed E-state index contributed by atoms with van der Waals surface area (Å²) in [6.45, 7) is 10.7.